The Bertz CT molecular complexity index is 431. The molecule has 1 aliphatic carbocycles. The van der Waals surface area contributed by atoms with Gasteiger partial charge in [-0.25, -0.2) is 0 Å². The van der Waals surface area contributed by atoms with Gasteiger partial charge in [-0.1, -0.05) is 26.0 Å². The van der Waals surface area contributed by atoms with E-state index in [-0.39, 0.29) is 12.2 Å². The average Bonchev–Trinajstić information content (AvgIpc) is 2.36. The molecule has 0 radical (unpaired) electrons. The molecule has 0 aromatic heterocycles. The van der Waals surface area contributed by atoms with Gasteiger partial charge in [0.2, 0.25) is 0 Å². The molecule has 1 fully saturated rings. The number of hydrogen-bond acceptors (Lipinski definition) is 3. The molecule has 1 aliphatic rings. The van der Waals surface area contributed by atoms with Crippen LogP contribution in [0.1, 0.15) is 37.3 Å². The average molecular weight is 263 g/mol. The molecule has 1 N–H and O–H groups in total. The van der Waals surface area contributed by atoms with Gasteiger partial charge in [-0.2, -0.15) is 0 Å². The summed E-state index contributed by atoms with van der Waals surface area (Å²) in [4.78, 5) is 0. The molecule has 19 heavy (non-hydrogen) atoms. The lowest BCUT2D eigenvalue weighted by Crippen LogP contribution is -2.60. The quantitative estimate of drug-likeness (QED) is 0.886. The Labute approximate surface area is 116 Å². The van der Waals surface area contributed by atoms with Gasteiger partial charge in [0.1, 0.15) is 18.0 Å². The van der Waals surface area contributed by atoms with E-state index >= 15 is 0 Å². The highest BCUT2D eigenvalue weighted by molar-refractivity contribution is 5.38. The highest BCUT2D eigenvalue weighted by Gasteiger charge is 2.42. The number of nitrogens with one attached hydrogen (secondary N) is 1. The van der Waals surface area contributed by atoms with Gasteiger partial charge in [0, 0.05) is 19.6 Å². The Hall–Kier alpha value is -1.06. The maximum absolute atomic E-state index is 6.14. The first-order chi connectivity index (χ1) is 9.06. The summed E-state index contributed by atoms with van der Waals surface area (Å²) in [6.07, 6.45) is 1.30. The van der Waals surface area contributed by atoms with E-state index in [0.717, 1.165) is 12.2 Å². The summed E-state index contributed by atoms with van der Waals surface area (Å²) in [5, 5.41) is 3.26. The number of ether oxygens (including phenoxy) is 2. The largest absolute Gasteiger partial charge is 0.487 e. The molecular weight excluding hydrogens is 238 g/mol. The zero-order valence-corrected chi connectivity index (χ0v) is 12.6. The molecule has 1 aromatic rings. The lowest BCUT2D eigenvalue weighted by Gasteiger charge is -2.43. The van der Waals surface area contributed by atoms with Crippen molar-refractivity contribution in [1.82, 2.24) is 5.32 Å². The summed E-state index contributed by atoms with van der Waals surface area (Å²) in [6.45, 7) is 6.50. The van der Waals surface area contributed by atoms with Crippen molar-refractivity contribution in [2.75, 3.05) is 14.2 Å². The molecule has 3 unspecified atom stereocenters. The second kappa shape index (κ2) is 5.93. The number of methoxy groups -OCH3 is 1. The molecule has 0 aliphatic heterocycles. The molecule has 1 saturated carbocycles. The summed E-state index contributed by atoms with van der Waals surface area (Å²) in [7, 11) is 3.72. The highest BCUT2D eigenvalue weighted by atomic mass is 16.5. The Morgan fingerprint density at radius 1 is 1.32 bits per heavy atom. The maximum Gasteiger partial charge on any atom is 0.128 e. The second-order valence-corrected chi connectivity index (χ2v) is 5.67. The molecule has 2 rings (SSSR count). The molecule has 0 spiro atoms. The van der Waals surface area contributed by atoms with Crippen LogP contribution >= 0.6 is 0 Å². The molecule has 3 atom stereocenters. The van der Waals surface area contributed by atoms with E-state index in [0.29, 0.717) is 12.0 Å². The summed E-state index contributed by atoms with van der Waals surface area (Å²) >= 11 is 0. The zero-order chi connectivity index (χ0) is 14.0. The van der Waals surface area contributed by atoms with Crippen LogP contribution in [0.3, 0.4) is 0 Å². The summed E-state index contributed by atoms with van der Waals surface area (Å²) in [5.74, 6) is 1.51. The van der Waals surface area contributed by atoms with Crippen LogP contribution < -0.4 is 10.1 Å². The molecule has 3 nitrogen and oxygen atoms in total. The topological polar surface area (TPSA) is 30.5 Å². The molecule has 1 aromatic carbocycles. The first-order valence-corrected chi connectivity index (χ1v) is 7.04. The third kappa shape index (κ3) is 2.93. The van der Waals surface area contributed by atoms with Crippen molar-refractivity contribution in [2.45, 2.75) is 51.4 Å². The lowest BCUT2D eigenvalue weighted by molar-refractivity contribution is -0.0871. The van der Waals surface area contributed by atoms with Crippen molar-refractivity contribution >= 4 is 0 Å². The third-order valence-corrected chi connectivity index (χ3v) is 4.05. The summed E-state index contributed by atoms with van der Waals surface area (Å²) in [6, 6.07) is 6.89. The van der Waals surface area contributed by atoms with Crippen molar-refractivity contribution in [3.05, 3.63) is 29.3 Å². The Kier molecular flexibility index (Phi) is 4.48. The van der Waals surface area contributed by atoms with E-state index in [2.05, 4.69) is 44.3 Å². The minimum atomic E-state index is 0.145. The Morgan fingerprint density at radius 3 is 2.63 bits per heavy atom. The van der Waals surface area contributed by atoms with Crippen LogP contribution in [0, 0.1) is 6.92 Å². The van der Waals surface area contributed by atoms with Gasteiger partial charge in [-0.3, -0.25) is 0 Å². The SMILES string of the molecule is CNC1CC(Oc2cc(C(C)C)ccc2C)C1OC. The zero-order valence-electron chi connectivity index (χ0n) is 12.6. The van der Waals surface area contributed by atoms with Crippen LogP contribution in [0.2, 0.25) is 0 Å². The Morgan fingerprint density at radius 2 is 2.05 bits per heavy atom. The third-order valence-electron chi connectivity index (χ3n) is 4.05. The number of aryl methyl sites for hydroxylation is 1. The number of hydrogen-bond donors (Lipinski definition) is 1. The van der Waals surface area contributed by atoms with Gasteiger partial charge in [0.25, 0.3) is 0 Å². The van der Waals surface area contributed by atoms with Crippen LogP contribution in [0.15, 0.2) is 18.2 Å². The van der Waals surface area contributed by atoms with Gasteiger partial charge in [0.05, 0.1) is 0 Å². The molecule has 3 heteroatoms. The Balaban J connectivity index is 2.09. The number of benzene rings is 1. The van der Waals surface area contributed by atoms with E-state index in [1.807, 2.05) is 7.05 Å². The molecule has 106 valence electrons. The number of likely N-dealkylation sites (N-methyl/N-ethyl adjacent to an activating group) is 1. The number of rotatable bonds is 5. The van der Waals surface area contributed by atoms with Crippen molar-refractivity contribution in [1.29, 1.82) is 0 Å². The standard InChI is InChI=1S/C16H25NO2/c1-10(2)12-7-6-11(3)14(8-12)19-15-9-13(17-4)16(15)18-5/h6-8,10,13,15-17H,9H2,1-5H3. The molecular formula is C16H25NO2. The fraction of sp³-hybridized carbons (Fsp3) is 0.625. The minimum absolute atomic E-state index is 0.145. The monoisotopic (exact) mass is 263 g/mol. The summed E-state index contributed by atoms with van der Waals surface area (Å²) < 4.78 is 11.6. The predicted octanol–water partition coefficient (Wildman–Crippen LogP) is 2.87. The smallest absolute Gasteiger partial charge is 0.128 e. The first-order valence-electron chi connectivity index (χ1n) is 7.04. The fourth-order valence-electron chi connectivity index (χ4n) is 2.56. The molecule has 0 saturated heterocycles. The van der Waals surface area contributed by atoms with Crippen LogP contribution in [-0.4, -0.2) is 32.4 Å². The van der Waals surface area contributed by atoms with Crippen LogP contribution in [0.4, 0.5) is 0 Å². The van der Waals surface area contributed by atoms with E-state index in [4.69, 9.17) is 9.47 Å². The summed E-state index contributed by atoms with van der Waals surface area (Å²) in [5.41, 5.74) is 2.51. The predicted molar refractivity (Wildman–Crippen MR) is 77.9 cm³/mol. The van der Waals surface area contributed by atoms with Crippen molar-refractivity contribution in [3.8, 4) is 5.75 Å². The van der Waals surface area contributed by atoms with Gasteiger partial charge >= 0.3 is 0 Å². The van der Waals surface area contributed by atoms with Crippen LogP contribution in [0.25, 0.3) is 0 Å². The van der Waals surface area contributed by atoms with E-state index < -0.39 is 0 Å². The lowest BCUT2D eigenvalue weighted by atomic mass is 9.85. The van der Waals surface area contributed by atoms with Crippen molar-refractivity contribution in [3.63, 3.8) is 0 Å². The first kappa shape index (κ1) is 14.4. The maximum atomic E-state index is 6.14. The van der Waals surface area contributed by atoms with E-state index in [1.165, 1.54) is 11.1 Å². The van der Waals surface area contributed by atoms with E-state index in [9.17, 15) is 0 Å². The molecule has 0 bridgehead atoms. The van der Waals surface area contributed by atoms with E-state index in [1.54, 1.807) is 7.11 Å². The molecule has 0 amide bonds. The van der Waals surface area contributed by atoms with Gasteiger partial charge in [-0.05, 0) is 37.1 Å². The minimum Gasteiger partial charge on any atom is -0.487 e. The fourth-order valence-corrected chi connectivity index (χ4v) is 2.56. The van der Waals surface area contributed by atoms with Gasteiger partial charge < -0.3 is 14.8 Å². The van der Waals surface area contributed by atoms with Crippen LogP contribution in [-0.2, 0) is 4.74 Å². The highest BCUT2D eigenvalue weighted by Crippen LogP contribution is 2.31. The van der Waals surface area contributed by atoms with Crippen molar-refractivity contribution in [2.24, 2.45) is 0 Å². The van der Waals surface area contributed by atoms with Gasteiger partial charge in [0.15, 0.2) is 0 Å². The second-order valence-electron chi connectivity index (χ2n) is 5.67. The van der Waals surface area contributed by atoms with Crippen LogP contribution in [0.5, 0.6) is 5.75 Å². The van der Waals surface area contributed by atoms with Crippen molar-refractivity contribution < 1.29 is 9.47 Å². The normalized spacial score (nSPS) is 26.3. The molecule has 0 heterocycles. The van der Waals surface area contributed by atoms with Gasteiger partial charge in [-0.15, -0.1) is 0 Å².